The molecule has 0 spiro atoms. The molecule has 0 saturated carbocycles. The highest BCUT2D eigenvalue weighted by molar-refractivity contribution is 6.30. The molecule has 1 nitrogen and oxygen atoms in total. The van der Waals surface area contributed by atoms with Gasteiger partial charge >= 0.3 is 6.18 Å². The monoisotopic (exact) mass is 369 g/mol. The van der Waals surface area contributed by atoms with E-state index in [0.29, 0.717) is 25.1 Å². The van der Waals surface area contributed by atoms with Gasteiger partial charge in [0.2, 0.25) is 0 Å². The van der Waals surface area contributed by atoms with Crippen LogP contribution in [0.2, 0.25) is 5.02 Å². The van der Waals surface area contributed by atoms with Crippen molar-refractivity contribution in [2.24, 2.45) is 0 Å². The van der Waals surface area contributed by atoms with Crippen LogP contribution < -0.4 is 5.32 Å². The van der Waals surface area contributed by atoms with E-state index in [-0.39, 0.29) is 10.4 Å². The molecule has 2 aromatic rings. The third-order valence-corrected chi connectivity index (χ3v) is 4.24. The van der Waals surface area contributed by atoms with E-state index in [0.717, 1.165) is 17.7 Å². The maximum atomic E-state index is 12.8. The van der Waals surface area contributed by atoms with Crippen molar-refractivity contribution < 1.29 is 13.2 Å². The molecule has 0 amide bonds. The summed E-state index contributed by atoms with van der Waals surface area (Å²) < 4.78 is 38.4. The largest absolute Gasteiger partial charge is 0.416 e. The molecule has 0 aliphatic carbocycles. The van der Waals surface area contributed by atoms with Crippen molar-refractivity contribution >= 4 is 11.6 Å². The SMILES string of the molecule is CC(C)(C)c1ccc(CNCCc2cc(Cl)cc(C(F)(F)F)c2)cc1. The van der Waals surface area contributed by atoms with Crippen molar-refractivity contribution in [3.63, 3.8) is 0 Å². The molecule has 5 heteroatoms. The van der Waals surface area contributed by atoms with E-state index in [1.54, 1.807) is 6.07 Å². The Morgan fingerprint density at radius 1 is 0.880 bits per heavy atom. The van der Waals surface area contributed by atoms with Gasteiger partial charge in [-0.3, -0.25) is 0 Å². The highest BCUT2D eigenvalue weighted by Crippen LogP contribution is 2.32. The molecule has 1 N–H and O–H groups in total. The van der Waals surface area contributed by atoms with Gasteiger partial charge in [-0.05, 0) is 53.3 Å². The van der Waals surface area contributed by atoms with Crippen LogP contribution >= 0.6 is 11.6 Å². The third kappa shape index (κ3) is 6.05. The third-order valence-electron chi connectivity index (χ3n) is 4.02. The van der Waals surface area contributed by atoms with Crippen LogP contribution in [-0.2, 0) is 24.6 Å². The molecule has 0 saturated heterocycles. The van der Waals surface area contributed by atoms with E-state index in [4.69, 9.17) is 11.6 Å². The fourth-order valence-electron chi connectivity index (χ4n) is 2.55. The summed E-state index contributed by atoms with van der Waals surface area (Å²) in [6.45, 7) is 7.76. The van der Waals surface area contributed by atoms with E-state index in [1.165, 1.54) is 5.56 Å². The van der Waals surface area contributed by atoms with Gasteiger partial charge in [-0.1, -0.05) is 56.6 Å². The van der Waals surface area contributed by atoms with Gasteiger partial charge in [0.05, 0.1) is 5.56 Å². The lowest BCUT2D eigenvalue weighted by atomic mass is 9.87. The minimum absolute atomic E-state index is 0.114. The molecule has 0 bridgehead atoms. The van der Waals surface area contributed by atoms with E-state index >= 15 is 0 Å². The second kappa shape index (κ2) is 7.79. The van der Waals surface area contributed by atoms with Gasteiger partial charge in [0, 0.05) is 11.6 Å². The van der Waals surface area contributed by atoms with Gasteiger partial charge in [0.25, 0.3) is 0 Å². The van der Waals surface area contributed by atoms with Crippen molar-refractivity contribution in [3.8, 4) is 0 Å². The van der Waals surface area contributed by atoms with Gasteiger partial charge in [0.15, 0.2) is 0 Å². The first-order valence-electron chi connectivity index (χ1n) is 8.22. The summed E-state index contributed by atoms with van der Waals surface area (Å²) in [5, 5.41) is 3.38. The van der Waals surface area contributed by atoms with Crippen LogP contribution in [0.5, 0.6) is 0 Å². The van der Waals surface area contributed by atoms with Crippen LogP contribution in [0.15, 0.2) is 42.5 Å². The summed E-state index contributed by atoms with van der Waals surface area (Å²) in [5.74, 6) is 0. The number of benzene rings is 2. The molecule has 0 atom stereocenters. The van der Waals surface area contributed by atoms with Crippen LogP contribution in [0.25, 0.3) is 0 Å². The Labute approximate surface area is 152 Å². The Morgan fingerprint density at radius 3 is 2.08 bits per heavy atom. The lowest BCUT2D eigenvalue weighted by Crippen LogP contribution is -2.17. The Hall–Kier alpha value is -1.52. The lowest BCUT2D eigenvalue weighted by Gasteiger charge is -2.19. The van der Waals surface area contributed by atoms with E-state index in [2.05, 4.69) is 50.4 Å². The van der Waals surface area contributed by atoms with Crippen molar-refractivity contribution in [2.75, 3.05) is 6.54 Å². The van der Waals surface area contributed by atoms with E-state index < -0.39 is 11.7 Å². The number of hydrogen-bond donors (Lipinski definition) is 1. The summed E-state index contributed by atoms with van der Waals surface area (Å²) in [4.78, 5) is 0. The van der Waals surface area contributed by atoms with Crippen molar-refractivity contribution in [2.45, 2.75) is 45.3 Å². The van der Waals surface area contributed by atoms with Gasteiger partial charge in [-0.15, -0.1) is 0 Å². The molecule has 0 fully saturated rings. The fourth-order valence-corrected chi connectivity index (χ4v) is 2.80. The zero-order chi connectivity index (χ0) is 18.7. The van der Waals surface area contributed by atoms with Crippen molar-refractivity contribution in [3.05, 3.63) is 69.7 Å². The van der Waals surface area contributed by atoms with Gasteiger partial charge in [0.1, 0.15) is 0 Å². The molecule has 0 aliphatic rings. The molecule has 0 heterocycles. The average molecular weight is 370 g/mol. The molecular formula is C20H23ClF3N. The lowest BCUT2D eigenvalue weighted by molar-refractivity contribution is -0.137. The zero-order valence-electron chi connectivity index (χ0n) is 14.7. The minimum atomic E-state index is -4.37. The number of hydrogen-bond acceptors (Lipinski definition) is 1. The molecule has 2 aromatic carbocycles. The Bertz CT molecular complexity index is 700. The highest BCUT2D eigenvalue weighted by atomic mass is 35.5. The van der Waals surface area contributed by atoms with Crippen LogP contribution in [-0.4, -0.2) is 6.54 Å². The first-order valence-corrected chi connectivity index (χ1v) is 8.60. The molecular weight excluding hydrogens is 347 g/mol. The smallest absolute Gasteiger partial charge is 0.312 e. The summed E-state index contributed by atoms with van der Waals surface area (Å²) >= 11 is 5.80. The molecule has 25 heavy (non-hydrogen) atoms. The predicted octanol–water partition coefficient (Wildman–Crippen LogP) is 5.99. The fraction of sp³-hybridized carbons (Fsp3) is 0.400. The molecule has 0 aliphatic heterocycles. The maximum absolute atomic E-state index is 12.8. The molecule has 0 radical (unpaired) electrons. The standard InChI is InChI=1S/C20H23ClF3N/c1-19(2,3)16-6-4-14(5-7-16)13-25-9-8-15-10-17(20(22,23)24)12-18(21)11-15/h4-7,10-12,25H,8-9,13H2,1-3H3. The summed E-state index contributed by atoms with van der Waals surface area (Å²) in [7, 11) is 0. The summed E-state index contributed by atoms with van der Waals surface area (Å²) in [6, 6.07) is 12.1. The molecule has 0 aromatic heterocycles. The van der Waals surface area contributed by atoms with Gasteiger partial charge < -0.3 is 5.32 Å². The minimum Gasteiger partial charge on any atom is -0.312 e. The second-order valence-corrected chi connectivity index (χ2v) is 7.66. The first kappa shape index (κ1) is 19.8. The quantitative estimate of drug-likeness (QED) is 0.638. The Morgan fingerprint density at radius 2 is 1.52 bits per heavy atom. The van der Waals surface area contributed by atoms with Gasteiger partial charge in [-0.2, -0.15) is 13.2 Å². The van der Waals surface area contributed by atoms with Gasteiger partial charge in [-0.25, -0.2) is 0 Å². The second-order valence-electron chi connectivity index (χ2n) is 7.22. The summed E-state index contributed by atoms with van der Waals surface area (Å²) in [6.07, 6.45) is -3.88. The van der Waals surface area contributed by atoms with Crippen LogP contribution in [0.1, 0.15) is 43.0 Å². The molecule has 0 unspecified atom stereocenters. The van der Waals surface area contributed by atoms with E-state index in [1.807, 2.05) is 0 Å². The number of halogens is 4. The number of nitrogens with one attached hydrogen (secondary N) is 1. The van der Waals surface area contributed by atoms with Crippen LogP contribution in [0.4, 0.5) is 13.2 Å². The van der Waals surface area contributed by atoms with Crippen LogP contribution in [0.3, 0.4) is 0 Å². The normalized spacial score (nSPS) is 12.4. The highest BCUT2D eigenvalue weighted by Gasteiger charge is 2.31. The Balaban J connectivity index is 1.88. The number of rotatable bonds is 5. The molecule has 136 valence electrons. The zero-order valence-corrected chi connectivity index (χ0v) is 15.4. The van der Waals surface area contributed by atoms with Crippen molar-refractivity contribution in [1.29, 1.82) is 0 Å². The topological polar surface area (TPSA) is 12.0 Å². The first-order chi connectivity index (χ1) is 11.6. The predicted molar refractivity (Wildman–Crippen MR) is 97.0 cm³/mol. The van der Waals surface area contributed by atoms with E-state index in [9.17, 15) is 13.2 Å². The maximum Gasteiger partial charge on any atom is 0.416 e. The summed E-state index contributed by atoms with van der Waals surface area (Å²) in [5.41, 5.74) is 2.42. The Kier molecular flexibility index (Phi) is 6.17. The number of alkyl halides is 3. The molecule has 2 rings (SSSR count). The average Bonchev–Trinajstić information content (AvgIpc) is 2.50. The van der Waals surface area contributed by atoms with Crippen molar-refractivity contribution in [1.82, 2.24) is 5.32 Å². The van der Waals surface area contributed by atoms with Crippen LogP contribution in [0, 0.1) is 0 Å².